The summed E-state index contributed by atoms with van der Waals surface area (Å²) in [5.41, 5.74) is -0.0759. The number of carboxylic acid groups (broad SMARTS) is 1. The van der Waals surface area contributed by atoms with Crippen LogP contribution in [0.1, 0.15) is 49.5 Å². The molecule has 1 aromatic rings. The van der Waals surface area contributed by atoms with Crippen LogP contribution in [0, 0.1) is 5.92 Å². The molecule has 116 valence electrons. The second kappa shape index (κ2) is 8.94. The van der Waals surface area contributed by atoms with Gasteiger partial charge in [-0.15, -0.1) is 0 Å². The molecule has 0 spiro atoms. The van der Waals surface area contributed by atoms with Crippen LogP contribution in [0.25, 0.3) is 0 Å². The number of hydrogen-bond acceptors (Lipinski definition) is 3. The van der Waals surface area contributed by atoms with Gasteiger partial charge in [-0.1, -0.05) is 25.8 Å². The maximum absolute atomic E-state index is 11.8. The van der Waals surface area contributed by atoms with Crippen molar-refractivity contribution in [1.29, 1.82) is 0 Å². The van der Waals surface area contributed by atoms with Crippen LogP contribution < -0.4 is 10.9 Å². The minimum absolute atomic E-state index is 0.157. The number of H-pyrrole nitrogens is 1. The number of amides is 1. The van der Waals surface area contributed by atoms with E-state index in [-0.39, 0.29) is 23.6 Å². The first-order valence-electron chi connectivity index (χ1n) is 7.22. The second-order valence-corrected chi connectivity index (χ2v) is 5.06. The Labute approximate surface area is 123 Å². The van der Waals surface area contributed by atoms with Crippen molar-refractivity contribution in [3.63, 3.8) is 0 Å². The van der Waals surface area contributed by atoms with Crippen molar-refractivity contribution < 1.29 is 14.7 Å². The number of nitrogens with one attached hydrogen (secondary N) is 2. The molecule has 0 saturated carbocycles. The predicted octanol–water partition coefficient (Wildman–Crippen LogP) is 1.78. The van der Waals surface area contributed by atoms with E-state index in [1.807, 2.05) is 0 Å². The highest BCUT2D eigenvalue weighted by molar-refractivity contribution is 5.92. The Morgan fingerprint density at radius 2 is 2.05 bits per heavy atom. The Kier molecular flexibility index (Phi) is 7.21. The van der Waals surface area contributed by atoms with Crippen LogP contribution in [0.4, 0.5) is 0 Å². The zero-order valence-corrected chi connectivity index (χ0v) is 12.2. The quantitative estimate of drug-likeness (QED) is 0.646. The zero-order chi connectivity index (χ0) is 15.7. The van der Waals surface area contributed by atoms with E-state index < -0.39 is 5.97 Å². The first-order valence-corrected chi connectivity index (χ1v) is 7.22. The average molecular weight is 294 g/mol. The number of pyridine rings is 1. The monoisotopic (exact) mass is 294 g/mol. The standard InChI is InChI=1S/C15H22N2O4/c1-2-4-11(7-8-14(19)20)9-10-16-15(21)12-5-3-6-13(18)17-12/h3,5-6,11H,2,4,7-10H2,1H3,(H,16,21)(H,17,18)(H,19,20). The topological polar surface area (TPSA) is 99.3 Å². The van der Waals surface area contributed by atoms with Gasteiger partial charge >= 0.3 is 5.97 Å². The second-order valence-electron chi connectivity index (χ2n) is 5.06. The van der Waals surface area contributed by atoms with Crippen molar-refractivity contribution >= 4 is 11.9 Å². The smallest absolute Gasteiger partial charge is 0.303 e. The van der Waals surface area contributed by atoms with Gasteiger partial charge in [0.05, 0.1) is 0 Å². The molecule has 0 bridgehead atoms. The molecule has 1 atom stereocenters. The number of aromatic nitrogens is 1. The predicted molar refractivity (Wildman–Crippen MR) is 79.3 cm³/mol. The van der Waals surface area contributed by atoms with Crippen LogP contribution in [0.15, 0.2) is 23.0 Å². The number of carbonyl (C=O) groups excluding carboxylic acids is 1. The Morgan fingerprint density at radius 1 is 1.29 bits per heavy atom. The van der Waals surface area contributed by atoms with E-state index in [0.717, 1.165) is 19.3 Å². The molecular weight excluding hydrogens is 272 g/mol. The lowest BCUT2D eigenvalue weighted by Crippen LogP contribution is -2.28. The number of aliphatic carboxylic acids is 1. The van der Waals surface area contributed by atoms with Crippen LogP contribution in [0.3, 0.4) is 0 Å². The van der Waals surface area contributed by atoms with E-state index in [1.54, 1.807) is 6.07 Å². The van der Waals surface area contributed by atoms with E-state index >= 15 is 0 Å². The van der Waals surface area contributed by atoms with Gasteiger partial charge in [-0.25, -0.2) is 0 Å². The van der Waals surface area contributed by atoms with Gasteiger partial charge < -0.3 is 15.4 Å². The fraction of sp³-hybridized carbons (Fsp3) is 0.533. The van der Waals surface area contributed by atoms with Gasteiger partial charge in [0, 0.05) is 19.0 Å². The zero-order valence-electron chi connectivity index (χ0n) is 12.2. The van der Waals surface area contributed by atoms with Crippen LogP contribution in [-0.4, -0.2) is 28.5 Å². The summed E-state index contributed by atoms with van der Waals surface area (Å²) >= 11 is 0. The van der Waals surface area contributed by atoms with Crippen LogP contribution in [-0.2, 0) is 4.79 Å². The highest BCUT2D eigenvalue weighted by Crippen LogP contribution is 2.17. The number of aromatic amines is 1. The molecule has 6 nitrogen and oxygen atoms in total. The number of rotatable bonds is 9. The summed E-state index contributed by atoms with van der Waals surface area (Å²) in [5.74, 6) is -0.815. The molecular formula is C15H22N2O4. The molecule has 1 amide bonds. The summed E-state index contributed by atoms with van der Waals surface area (Å²) in [5, 5.41) is 11.5. The molecule has 21 heavy (non-hydrogen) atoms. The fourth-order valence-corrected chi connectivity index (χ4v) is 2.23. The summed E-state index contributed by atoms with van der Waals surface area (Å²) < 4.78 is 0. The van der Waals surface area contributed by atoms with Gasteiger partial charge in [0.1, 0.15) is 5.69 Å². The van der Waals surface area contributed by atoms with Crippen molar-refractivity contribution in [1.82, 2.24) is 10.3 Å². The van der Waals surface area contributed by atoms with Gasteiger partial charge in [-0.05, 0) is 24.8 Å². The molecule has 0 radical (unpaired) electrons. The van der Waals surface area contributed by atoms with Crippen molar-refractivity contribution in [2.45, 2.75) is 39.0 Å². The van der Waals surface area contributed by atoms with E-state index in [9.17, 15) is 14.4 Å². The third-order valence-electron chi connectivity index (χ3n) is 3.31. The van der Waals surface area contributed by atoms with Gasteiger partial charge in [0.25, 0.3) is 5.91 Å². The van der Waals surface area contributed by atoms with Gasteiger partial charge in [-0.3, -0.25) is 14.4 Å². The van der Waals surface area contributed by atoms with Crippen LogP contribution >= 0.6 is 0 Å². The van der Waals surface area contributed by atoms with E-state index in [0.29, 0.717) is 18.9 Å². The van der Waals surface area contributed by atoms with Crippen LogP contribution in [0.5, 0.6) is 0 Å². The van der Waals surface area contributed by atoms with Gasteiger partial charge in [0.15, 0.2) is 0 Å². The molecule has 1 unspecified atom stereocenters. The molecule has 3 N–H and O–H groups in total. The minimum Gasteiger partial charge on any atom is -0.481 e. The van der Waals surface area contributed by atoms with Crippen molar-refractivity contribution in [3.05, 3.63) is 34.2 Å². The lowest BCUT2D eigenvalue weighted by molar-refractivity contribution is -0.137. The summed E-state index contributed by atoms with van der Waals surface area (Å²) in [7, 11) is 0. The number of hydrogen-bond donors (Lipinski definition) is 3. The summed E-state index contributed by atoms with van der Waals surface area (Å²) in [6, 6.07) is 4.42. The third kappa shape index (κ3) is 6.74. The largest absolute Gasteiger partial charge is 0.481 e. The highest BCUT2D eigenvalue weighted by Gasteiger charge is 2.11. The Hall–Kier alpha value is -2.11. The molecule has 1 heterocycles. The maximum atomic E-state index is 11.8. The molecule has 0 aliphatic carbocycles. The third-order valence-corrected chi connectivity index (χ3v) is 3.31. The van der Waals surface area contributed by atoms with Crippen molar-refractivity contribution in [2.24, 2.45) is 5.92 Å². The molecule has 6 heteroatoms. The minimum atomic E-state index is -0.790. The normalized spacial score (nSPS) is 11.9. The first-order chi connectivity index (χ1) is 10.0. The molecule has 0 saturated heterocycles. The molecule has 1 aromatic heterocycles. The Balaban J connectivity index is 2.40. The summed E-state index contributed by atoms with van der Waals surface area (Å²) in [4.78, 5) is 36.0. The van der Waals surface area contributed by atoms with E-state index in [4.69, 9.17) is 5.11 Å². The van der Waals surface area contributed by atoms with Crippen LogP contribution in [0.2, 0.25) is 0 Å². The molecule has 0 aliphatic heterocycles. The van der Waals surface area contributed by atoms with E-state index in [1.165, 1.54) is 12.1 Å². The number of carbonyl (C=O) groups is 2. The van der Waals surface area contributed by atoms with E-state index in [2.05, 4.69) is 17.2 Å². The summed E-state index contributed by atoms with van der Waals surface area (Å²) in [6.07, 6.45) is 3.46. The SMILES string of the molecule is CCCC(CCNC(=O)c1cccc(=O)[nH]1)CCC(=O)O. The average Bonchev–Trinajstić information content (AvgIpc) is 2.44. The fourth-order valence-electron chi connectivity index (χ4n) is 2.23. The number of carboxylic acids is 1. The molecule has 1 rings (SSSR count). The molecule has 0 fully saturated rings. The Bertz CT molecular complexity index is 524. The molecule has 0 aliphatic rings. The van der Waals surface area contributed by atoms with Crippen molar-refractivity contribution in [3.8, 4) is 0 Å². The van der Waals surface area contributed by atoms with Gasteiger partial charge in [0.2, 0.25) is 5.56 Å². The lowest BCUT2D eigenvalue weighted by Gasteiger charge is -2.15. The molecule has 0 aromatic carbocycles. The van der Waals surface area contributed by atoms with Gasteiger partial charge in [-0.2, -0.15) is 0 Å². The lowest BCUT2D eigenvalue weighted by atomic mass is 9.94. The van der Waals surface area contributed by atoms with Crippen molar-refractivity contribution in [2.75, 3.05) is 6.54 Å². The Morgan fingerprint density at radius 3 is 2.67 bits per heavy atom. The highest BCUT2D eigenvalue weighted by atomic mass is 16.4. The maximum Gasteiger partial charge on any atom is 0.303 e. The summed E-state index contributed by atoms with van der Waals surface area (Å²) in [6.45, 7) is 2.53. The first kappa shape index (κ1) is 16.9.